The third-order valence-electron chi connectivity index (χ3n) is 5.20. The van der Waals surface area contributed by atoms with Crippen LogP contribution < -0.4 is 4.74 Å². The molecule has 0 aliphatic carbocycles. The summed E-state index contributed by atoms with van der Waals surface area (Å²) in [6.07, 6.45) is 0. The van der Waals surface area contributed by atoms with Gasteiger partial charge in [-0.05, 0) is 53.9 Å². The van der Waals surface area contributed by atoms with Gasteiger partial charge in [-0.2, -0.15) is 0 Å². The topological polar surface area (TPSA) is 87.0 Å². The van der Waals surface area contributed by atoms with Crippen LogP contribution in [0.2, 0.25) is 0 Å². The molecule has 8 heteroatoms. The van der Waals surface area contributed by atoms with Gasteiger partial charge in [0.1, 0.15) is 0 Å². The van der Waals surface area contributed by atoms with Crippen molar-refractivity contribution in [3.8, 4) is 5.75 Å². The summed E-state index contributed by atoms with van der Waals surface area (Å²) in [4.78, 5) is 41.9. The van der Waals surface area contributed by atoms with E-state index in [1.807, 2.05) is 42.6 Å². The van der Waals surface area contributed by atoms with Gasteiger partial charge in [-0.3, -0.25) is 9.59 Å². The van der Waals surface area contributed by atoms with E-state index < -0.39 is 11.8 Å². The predicted octanol–water partition coefficient (Wildman–Crippen LogP) is 4.56. The molecule has 0 saturated carbocycles. The van der Waals surface area contributed by atoms with Gasteiger partial charge in [-0.15, -0.1) is 11.3 Å². The van der Waals surface area contributed by atoms with Crippen LogP contribution in [0.3, 0.4) is 0 Å². The smallest absolute Gasteiger partial charge is 0.332 e. The lowest BCUT2D eigenvalue weighted by Crippen LogP contribution is -2.13. The molecule has 31 heavy (non-hydrogen) atoms. The average Bonchev–Trinajstić information content (AvgIpc) is 3.47. The van der Waals surface area contributed by atoms with Crippen molar-refractivity contribution in [2.45, 2.75) is 20.4 Å². The second-order valence-corrected chi connectivity index (χ2v) is 7.98. The van der Waals surface area contributed by atoms with E-state index in [0.717, 1.165) is 21.8 Å². The number of aromatic nitrogens is 1. The van der Waals surface area contributed by atoms with E-state index >= 15 is 0 Å². The fraction of sp³-hybridized carbons (Fsp3) is 0.130. The molecule has 7 nitrogen and oxygen atoms in total. The Morgan fingerprint density at radius 2 is 1.97 bits per heavy atom. The van der Waals surface area contributed by atoms with Gasteiger partial charge in [0.2, 0.25) is 5.78 Å². The normalized spacial score (nSPS) is 14.3. The van der Waals surface area contributed by atoms with Gasteiger partial charge in [0.25, 0.3) is 5.78 Å². The number of hydrogen-bond acceptors (Lipinski definition) is 7. The Hall–Kier alpha value is -3.78. The molecule has 0 fully saturated rings. The summed E-state index contributed by atoms with van der Waals surface area (Å²) in [6, 6.07) is 12.7. The van der Waals surface area contributed by atoms with Gasteiger partial charge >= 0.3 is 11.9 Å². The highest BCUT2D eigenvalue weighted by Gasteiger charge is 2.33. The third-order valence-corrected chi connectivity index (χ3v) is 6.07. The first-order valence-corrected chi connectivity index (χ1v) is 10.5. The largest absolute Gasteiger partial charge is 0.432 e. The molecular formula is C23H16N2O5S. The Bertz CT molecular complexity index is 1430. The van der Waals surface area contributed by atoms with Crippen LogP contribution in [0, 0.1) is 0 Å². The molecule has 0 saturated heterocycles. The Morgan fingerprint density at radius 1 is 1.16 bits per heavy atom. The highest BCUT2D eigenvalue weighted by molar-refractivity contribution is 7.12. The van der Waals surface area contributed by atoms with Crippen LogP contribution in [-0.2, 0) is 16.2 Å². The number of hydrogen-bond donors (Lipinski definition) is 0. The molecule has 3 heterocycles. The van der Waals surface area contributed by atoms with Crippen molar-refractivity contribution in [2.24, 2.45) is 5.16 Å². The van der Waals surface area contributed by atoms with Gasteiger partial charge in [-0.1, -0.05) is 6.07 Å². The first-order valence-electron chi connectivity index (χ1n) is 9.65. The molecule has 0 atom stereocenters. The van der Waals surface area contributed by atoms with E-state index in [-0.39, 0.29) is 11.7 Å². The van der Waals surface area contributed by atoms with Gasteiger partial charge in [-0.25, -0.2) is 4.79 Å². The number of benzene rings is 2. The summed E-state index contributed by atoms with van der Waals surface area (Å²) in [5.74, 6) is -1.10. The highest BCUT2D eigenvalue weighted by atomic mass is 32.1. The number of ether oxygens (including phenoxy) is 1. The predicted molar refractivity (Wildman–Crippen MR) is 117 cm³/mol. The number of ketones is 2. The summed E-state index contributed by atoms with van der Waals surface area (Å²) in [5, 5.41) is 6.94. The molecular weight excluding hydrogens is 416 g/mol. The molecule has 0 spiro atoms. The Balaban J connectivity index is 1.74. The average molecular weight is 432 g/mol. The van der Waals surface area contributed by atoms with Gasteiger partial charge < -0.3 is 14.1 Å². The van der Waals surface area contributed by atoms with E-state index in [2.05, 4.69) is 14.6 Å². The standard InChI is InChI=1S/C23H16N2O5S/c1-3-25-16-8-6-13(20(27)18-5-4-10-31-18)11-15(16)19-17(25)9-7-14-21(28)23(29-22(14)19)24-30-12(2)26/h4-11H,3H2,1-2H3/b24-23-. The van der Waals surface area contributed by atoms with Crippen LogP contribution in [0.15, 0.2) is 53.0 Å². The first-order chi connectivity index (χ1) is 15.0. The van der Waals surface area contributed by atoms with Gasteiger partial charge in [0, 0.05) is 29.9 Å². The van der Waals surface area contributed by atoms with Gasteiger partial charge in [0.05, 0.1) is 21.3 Å². The molecule has 1 aliphatic rings. The molecule has 1 aliphatic heterocycles. The molecule has 0 radical (unpaired) electrons. The van der Waals surface area contributed by atoms with E-state index in [0.29, 0.717) is 28.3 Å². The van der Waals surface area contributed by atoms with Crippen LogP contribution in [-0.4, -0.2) is 28.0 Å². The number of carbonyl (C=O) groups is 3. The molecule has 2 aromatic carbocycles. The number of nitrogens with zero attached hydrogens (tertiary/aromatic N) is 2. The third kappa shape index (κ3) is 2.95. The number of Topliss-reactive ketones (excluding diaryl/α,β-unsaturated/α-hetero) is 1. The lowest BCUT2D eigenvalue weighted by molar-refractivity contribution is -0.141. The number of rotatable bonds is 4. The van der Waals surface area contributed by atoms with Crippen molar-refractivity contribution in [1.82, 2.24) is 4.57 Å². The summed E-state index contributed by atoms with van der Waals surface area (Å²) >= 11 is 1.39. The molecule has 0 amide bonds. The second kappa shape index (κ2) is 7.17. The van der Waals surface area contributed by atoms with Crippen LogP contribution in [0.5, 0.6) is 5.75 Å². The summed E-state index contributed by atoms with van der Waals surface area (Å²) in [6.45, 7) is 3.91. The van der Waals surface area contributed by atoms with Crippen LogP contribution >= 0.6 is 11.3 Å². The monoisotopic (exact) mass is 432 g/mol. The second-order valence-electron chi connectivity index (χ2n) is 7.03. The number of thiophene rings is 1. The first kappa shape index (κ1) is 19.2. The van der Waals surface area contributed by atoms with Gasteiger partial charge in [0.15, 0.2) is 5.75 Å². The Kier molecular flexibility index (Phi) is 4.44. The molecule has 2 aromatic heterocycles. The number of carbonyl (C=O) groups excluding carboxylic acids is 3. The van der Waals surface area contributed by atoms with Crippen LogP contribution in [0.4, 0.5) is 0 Å². The number of fused-ring (bicyclic) bond motifs is 5. The van der Waals surface area contributed by atoms with Crippen molar-refractivity contribution < 1.29 is 24.0 Å². The lowest BCUT2D eigenvalue weighted by Gasteiger charge is -2.03. The zero-order chi connectivity index (χ0) is 21.7. The van der Waals surface area contributed by atoms with Crippen molar-refractivity contribution in [2.75, 3.05) is 0 Å². The zero-order valence-corrected chi connectivity index (χ0v) is 17.5. The summed E-state index contributed by atoms with van der Waals surface area (Å²) < 4.78 is 7.85. The van der Waals surface area contributed by atoms with E-state index in [4.69, 9.17) is 4.74 Å². The fourth-order valence-electron chi connectivity index (χ4n) is 3.90. The summed E-state index contributed by atoms with van der Waals surface area (Å²) in [7, 11) is 0. The van der Waals surface area contributed by atoms with E-state index in [9.17, 15) is 14.4 Å². The number of aryl methyl sites for hydroxylation is 1. The van der Waals surface area contributed by atoms with Crippen LogP contribution in [0.1, 0.15) is 39.4 Å². The van der Waals surface area contributed by atoms with Crippen molar-refractivity contribution in [1.29, 1.82) is 0 Å². The zero-order valence-electron chi connectivity index (χ0n) is 16.7. The molecule has 0 bridgehead atoms. The fourth-order valence-corrected chi connectivity index (χ4v) is 4.59. The maximum atomic E-state index is 12.9. The Labute approximate surface area is 180 Å². The van der Waals surface area contributed by atoms with Crippen molar-refractivity contribution in [3.05, 3.63) is 63.8 Å². The van der Waals surface area contributed by atoms with Crippen molar-refractivity contribution >= 4 is 56.6 Å². The minimum atomic E-state index is -0.649. The maximum absolute atomic E-state index is 12.9. The summed E-state index contributed by atoms with van der Waals surface area (Å²) in [5.41, 5.74) is 2.69. The van der Waals surface area contributed by atoms with Crippen LogP contribution in [0.25, 0.3) is 21.8 Å². The molecule has 5 rings (SSSR count). The lowest BCUT2D eigenvalue weighted by atomic mass is 10.0. The molecule has 154 valence electrons. The quantitative estimate of drug-likeness (QED) is 0.268. The molecule has 0 N–H and O–H groups in total. The van der Waals surface area contributed by atoms with Crippen molar-refractivity contribution in [3.63, 3.8) is 0 Å². The Morgan fingerprint density at radius 3 is 2.68 bits per heavy atom. The minimum Gasteiger partial charge on any atom is -0.432 e. The minimum absolute atomic E-state index is 0.0593. The van der Waals surface area contributed by atoms with E-state index in [1.54, 1.807) is 12.1 Å². The SMILES string of the molecule is CCn1c2ccc(C(=O)c3cccs3)cc2c2c3c(ccc21)C(=O)/C(=N/OC(C)=O)O3. The highest BCUT2D eigenvalue weighted by Crippen LogP contribution is 2.41. The molecule has 4 aromatic rings. The number of oxime groups is 1. The maximum Gasteiger partial charge on any atom is 0.332 e. The molecule has 0 unspecified atom stereocenters. The van der Waals surface area contributed by atoms with E-state index in [1.165, 1.54) is 18.3 Å².